The van der Waals surface area contributed by atoms with E-state index in [4.69, 9.17) is 0 Å². The Hall–Kier alpha value is -0.690. The van der Waals surface area contributed by atoms with Gasteiger partial charge < -0.3 is 10.6 Å². The predicted octanol–water partition coefficient (Wildman–Crippen LogP) is 2.22. The maximum Gasteiger partial charge on any atom is 0.227 e. The zero-order valence-corrected chi connectivity index (χ0v) is 11.6. The molecule has 0 aliphatic carbocycles. The Bertz CT molecular complexity index is 435. The van der Waals surface area contributed by atoms with Crippen LogP contribution in [0.5, 0.6) is 0 Å². The number of halogens is 2. The number of nitrogens with one attached hydrogen (secondary N) is 2. The first kappa shape index (κ1) is 12.8. The number of benzene rings is 1. The fourth-order valence-corrected chi connectivity index (χ4v) is 2.33. The van der Waals surface area contributed by atoms with Crippen molar-refractivity contribution in [3.63, 3.8) is 0 Å². The second-order valence-electron chi connectivity index (χ2n) is 4.32. The van der Waals surface area contributed by atoms with Gasteiger partial charge in [-0.3, -0.25) is 4.79 Å². The molecule has 1 aliphatic rings. The molecule has 1 aromatic rings. The quantitative estimate of drug-likeness (QED) is 0.823. The second kappa shape index (κ2) is 5.30. The van der Waals surface area contributed by atoms with Gasteiger partial charge in [0.2, 0.25) is 5.91 Å². The van der Waals surface area contributed by atoms with Crippen LogP contribution in [-0.2, 0) is 4.79 Å². The molecule has 1 atom stereocenters. The van der Waals surface area contributed by atoms with Crippen molar-refractivity contribution in [1.29, 1.82) is 0 Å². The Morgan fingerprint density at radius 2 is 2.29 bits per heavy atom. The third-order valence-electron chi connectivity index (χ3n) is 3.12. The largest absolute Gasteiger partial charge is 0.325 e. The first-order chi connectivity index (χ1) is 8.08. The van der Waals surface area contributed by atoms with E-state index in [9.17, 15) is 9.18 Å². The number of rotatable bonds is 3. The Morgan fingerprint density at radius 1 is 1.59 bits per heavy atom. The van der Waals surface area contributed by atoms with E-state index in [0.29, 0.717) is 11.6 Å². The minimum Gasteiger partial charge on any atom is -0.325 e. The van der Waals surface area contributed by atoms with Crippen LogP contribution in [-0.4, -0.2) is 19.0 Å². The van der Waals surface area contributed by atoms with E-state index in [1.165, 1.54) is 12.1 Å². The molecule has 92 valence electrons. The minimum atomic E-state index is -0.288. The molecule has 1 unspecified atom stereocenters. The standard InChI is InChI=1S/C12H14FIN2O/c1-7(8-5-15-6-8)12(17)16-11-3-2-9(13)4-10(11)14/h2-4,7-8,15H,5-6H2,1H3,(H,16,17). The number of amides is 1. The van der Waals surface area contributed by atoms with Crippen LogP contribution in [0, 0.1) is 21.2 Å². The van der Waals surface area contributed by atoms with Crippen molar-refractivity contribution < 1.29 is 9.18 Å². The molecular weight excluding hydrogens is 334 g/mol. The van der Waals surface area contributed by atoms with Gasteiger partial charge in [0.15, 0.2) is 0 Å². The lowest BCUT2D eigenvalue weighted by Gasteiger charge is -2.31. The van der Waals surface area contributed by atoms with Gasteiger partial charge in [0.25, 0.3) is 0 Å². The summed E-state index contributed by atoms with van der Waals surface area (Å²) >= 11 is 2.02. The van der Waals surface area contributed by atoms with E-state index < -0.39 is 0 Å². The van der Waals surface area contributed by atoms with Gasteiger partial charge in [-0.25, -0.2) is 4.39 Å². The molecule has 2 rings (SSSR count). The fourth-order valence-electron chi connectivity index (χ4n) is 1.72. The van der Waals surface area contributed by atoms with Crippen LogP contribution in [0.1, 0.15) is 6.92 Å². The molecule has 17 heavy (non-hydrogen) atoms. The average Bonchev–Trinajstić information content (AvgIpc) is 2.19. The molecule has 3 nitrogen and oxygen atoms in total. The summed E-state index contributed by atoms with van der Waals surface area (Å²) in [5.74, 6) is 0.106. The van der Waals surface area contributed by atoms with Gasteiger partial charge in [-0.2, -0.15) is 0 Å². The summed E-state index contributed by atoms with van der Waals surface area (Å²) in [4.78, 5) is 11.9. The lowest BCUT2D eigenvalue weighted by atomic mass is 9.88. The second-order valence-corrected chi connectivity index (χ2v) is 5.48. The first-order valence-electron chi connectivity index (χ1n) is 5.54. The van der Waals surface area contributed by atoms with Crippen LogP contribution < -0.4 is 10.6 Å². The molecule has 1 aromatic carbocycles. The van der Waals surface area contributed by atoms with Crippen LogP contribution in [0.2, 0.25) is 0 Å². The van der Waals surface area contributed by atoms with Gasteiger partial charge in [0.05, 0.1) is 5.69 Å². The molecule has 0 radical (unpaired) electrons. The van der Waals surface area contributed by atoms with Gasteiger partial charge in [-0.15, -0.1) is 0 Å². The number of hydrogen-bond acceptors (Lipinski definition) is 2. The van der Waals surface area contributed by atoms with Gasteiger partial charge in [0.1, 0.15) is 5.82 Å². The zero-order chi connectivity index (χ0) is 12.4. The summed E-state index contributed by atoms with van der Waals surface area (Å²) < 4.78 is 13.6. The maximum atomic E-state index is 12.9. The summed E-state index contributed by atoms with van der Waals surface area (Å²) in [5, 5.41) is 5.99. The first-order valence-corrected chi connectivity index (χ1v) is 6.62. The van der Waals surface area contributed by atoms with Crippen molar-refractivity contribution in [2.24, 2.45) is 11.8 Å². The smallest absolute Gasteiger partial charge is 0.227 e. The van der Waals surface area contributed by atoms with Crippen LogP contribution in [0.4, 0.5) is 10.1 Å². The van der Waals surface area contributed by atoms with Crippen molar-refractivity contribution in [2.75, 3.05) is 18.4 Å². The topological polar surface area (TPSA) is 41.1 Å². The number of anilines is 1. The minimum absolute atomic E-state index is 0.000948. The Kier molecular flexibility index (Phi) is 3.98. The van der Waals surface area contributed by atoms with Crippen LogP contribution in [0.3, 0.4) is 0 Å². The van der Waals surface area contributed by atoms with Crippen LogP contribution in [0.15, 0.2) is 18.2 Å². The summed E-state index contributed by atoms with van der Waals surface area (Å²) in [6.07, 6.45) is 0. The monoisotopic (exact) mass is 348 g/mol. The lowest BCUT2D eigenvalue weighted by molar-refractivity contribution is -0.121. The third-order valence-corrected chi connectivity index (χ3v) is 4.02. The van der Waals surface area contributed by atoms with Gasteiger partial charge >= 0.3 is 0 Å². The summed E-state index contributed by atoms with van der Waals surface area (Å²) in [6.45, 7) is 3.72. The molecular formula is C12H14FIN2O. The third kappa shape index (κ3) is 2.95. The molecule has 1 aliphatic heterocycles. The van der Waals surface area contributed by atoms with E-state index in [1.807, 2.05) is 29.5 Å². The van der Waals surface area contributed by atoms with Gasteiger partial charge in [0, 0.05) is 9.49 Å². The molecule has 0 spiro atoms. The number of hydrogen-bond donors (Lipinski definition) is 2. The van der Waals surface area contributed by atoms with E-state index >= 15 is 0 Å². The SMILES string of the molecule is CC(C(=O)Nc1ccc(F)cc1I)C1CNC1. The molecule has 0 saturated carbocycles. The summed E-state index contributed by atoms with van der Waals surface area (Å²) in [5.41, 5.74) is 0.677. The number of carbonyl (C=O) groups excluding carboxylic acids is 1. The highest BCUT2D eigenvalue weighted by Crippen LogP contribution is 2.22. The van der Waals surface area contributed by atoms with Crippen molar-refractivity contribution in [1.82, 2.24) is 5.32 Å². The molecule has 1 heterocycles. The Morgan fingerprint density at radius 3 is 2.82 bits per heavy atom. The van der Waals surface area contributed by atoms with Crippen molar-refractivity contribution in [3.05, 3.63) is 27.6 Å². The fraction of sp³-hybridized carbons (Fsp3) is 0.417. The van der Waals surface area contributed by atoms with Crippen molar-refractivity contribution >= 4 is 34.2 Å². The lowest BCUT2D eigenvalue weighted by Crippen LogP contribution is -2.48. The molecule has 0 aromatic heterocycles. The molecule has 1 fully saturated rings. The van der Waals surface area contributed by atoms with Crippen molar-refractivity contribution in [2.45, 2.75) is 6.92 Å². The molecule has 2 N–H and O–H groups in total. The van der Waals surface area contributed by atoms with Crippen LogP contribution in [0.25, 0.3) is 0 Å². The van der Waals surface area contributed by atoms with Gasteiger partial charge in [-0.1, -0.05) is 6.92 Å². The van der Waals surface area contributed by atoms with Crippen molar-refractivity contribution in [3.8, 4) is 0 Å². The molecule has 0 bridgehead atoms. The highest BCUT2D eigenvalue weighted by atomic mass is 127. The summed E-state index contributed by atoms with van der Waals surface area (Å²) in [7, 11) is 0. The van der Waals surface area contributed by atoms with Crippen LogP contribution >= 0.6 is 22.6 Å². The normalized spacial score (nSPS) is 17.4. The molecule has 5 heteroatoms. The maximum absolute atomic E-state index is 12.9. The highest BCUT2D eigenvalue weighted by molar-refractivity contribution is 14.1. The van der Waals surface area contributed by atoms with E-state index in [1.54, 1.807) is 6.07 Å². The summed E-state index contributed by atoms with van der Waals surface area (Å²) in [6, 6.07) is 4.36. The van der Waals surface area contributed by atoms with Gasteiger partial charge in [-0.05, 0) is 59.8 Å². The number of carbonyl (C=O) groups is 1. The Balaban J connectivity index is 2.02. The van der Waals surface area contributed by atoms with E-state index in [-0.39, 0.29) is 17.6 Å². The average molecular weight is 348 g/mol. The molecule has 1 amide bonds. The van der Waals surface area contributed by atoms with E-state index in [2.05, 4.69) is 10.6 Å². The van der Waals surface area contributed by atoms with E-state index in [0.717, 1.165) is 16.7 Å². The predicted molar refractivity (Wildman–Crippen MR) is 73.3 cm³/mol. The Labute approximate surface area is 113 Å². The zero-order valence-electron chi connectivity index (χ0n) is 9.47. The highest BCUT2D eigenvalue weighted by Gasteiger charge is 2.28. The molecule has 1 saturated heterocycles.